The lowest BCUT2D eigenvalue weighted by Crippen LogP contribution is -2.63. The van der Waals surface area contributed by atoms with Gasteiger partial charge in [-0.15, -0.1) is 0 Å². The van der Waals surface area contributed by atoms with E-state index in [-0.39, 0.29) is 42.2 Å². The van der Waals surface area contributed by atoms with Gasteiger partial charge in [0.1, 0.15) is 17.9 Å². The van der Waals surface area contributed by atoms with Gasteiger partial charge in [0.25, 0.3) is 17.7 Å². The first-order chi connectivity index (χ1) is 25.9. The average molecular weight is 729 g/mol. The average Bonchev–Trinajstić information content (AvgIpc) is 3.66. The number of amides is 5. The van der Waals surface area contributed by atoms with Gasteiger partial charge in [0, 0.05) is 68.3 Å². The van der Waals surface area contributed by atoms with Crippen LogP contribution in [0, 0.1) is 29.6 Å². The summed E-state index contributed by atoms with van der Waals surface area (Å²) in [5.41, 5.74) is 5.74. The second kappa shape index (κ2) is 13.7. The number of rotatable bonds is 8. The normalized spacial score (nSPS) is 23.7. The molecule has 12 heteroatoms. The van der Waals surface area contributed by atoms with Gasteiger partial charge in [0.05, 0.1) is 22.8 Å². The summed E-state index contributed by atoms with van der Waals surface area (Å²) in [6, 6.07) is 18.2. The lowest BCUT2D eigenvalue weighted by atomic mass is 9.64. The van der Waals surface area contributed by atoms with Gasteiger partial charge in [-0.2, -0.15) is 5.26 Å². The Morgan fingerprint density at radius 1 is 0.944 bits per heavy atom. The molecule has 5 aliphatic rings. The van der Waals surface area contributed by atoms with E-state index in [0.717, 1.165) is 65.5 Å². The predicted octanol–water partition coefficient (Wildman–Crippen LogP) is 4.48. The van der Waals surface area contributed by atoms with E-state index in [2.05, 4.69) is 40.4 Å². The molecule has 1 unspecified atom stereocenters. The molecule has 0 spiro atoms. The summed E-state index contributed by atoms with van der Waals surface area (Å²) in [6.45, 7) is 10.3. The van der Waals surface area contributed by atoms with E-state index in [9.17, 15) is 29.2 Å². The zero-order chi connectivity index (χ0) is 37.9. The molecule has 54 heavy (non-hydrogen) atoms. The summed E-state index contributed by atoms with van der Waals surface area (Å²) in [7, 11) is 0. The summed E-state index contributed by atoms with van der Waals surface area (Å²) in [6.07, 6.45) is 2.97. The topological polar surface area (TPSA) is 152 Å². The van der Waals surface area contributed by atoms with Crippen molar-refractivity contribution < 1.29 is 28.7 Å². The predicted molar refractivity (Wildman–Crippen MR) is 199 cm³/mol. The molecule has 0 aromatic heterocycles. The highest BCUT2D eigenvalue weighted by molar-refractivity contribution is 6.23. The van der Waals surface area contributed by atoms with Crippen LogP contribution in [0.1, 0.15) is 99.3 Å². The molecular weight excluding hydrogens is 684 g/mol. The van der Waals surface area contributed by atoms with Crippen molar-refractivity contribution in [2.45, 2.75) is 84.2 Å². The minimum atomic E-state index is -0.961. The first-order valence-corrected chi connectivity index (χ1v) is 18.8. The van der Waals surface area contributed by atoms with Crippen LogP contribution in [0.15, 0.2) is 54.6 Å². The van der Waals surface area contributed by atoms with Gasteiger partial charge in [-0.05, 0) is 103 Å². The Labute approximate surface area is 314 Å². The third-order valence-electron chi connectivity index (χ3n) is 12.3. The maximum atomic E-state index is 13.3. The number of carbonyl (C=O) groups excluding carboxylic acids is 5. The number of anilines is 1. The van der Waals surface area contributed by atoms with E-state index in [1.165, 1.54) is 0 Å². The number of aryl methyl sites for hydroxylation is 1. The zero-order valence-corrected chi connectivity index (χ0v) is 30.8. The Morgan fingerprint density at radius 2 is 1.61 bits per heavy atom. The molecule has 3 fully saturated rings. The lowest BCUT2D eigenvalue weighted by molar-refractivity contribution is -0.136. The Bertz CT molecular complexity index is 2070. The van der Waals surface area contributed by atoms with Gasteiger partial charge < -0.3 is 15.0 Å². The number of imide groups is 2. The van der Waals surface area contributed by atoms with Crippen molar-refractivity contribution in [3.63, 3.8) is 0 Å². The van der Waals surface area contributed by atoms with E-state index < -0.39 is 23.8 Å². The van der Waals surface area contributed by atoms with Crippen LogP contribution in [0.4, 0.5) is 5.69 Å². The largest absolute Gasteiger partial charge is 0.490 e. The number of ether oxygens (including phenoxy) is 1. The monoisotopic (exact) mass is 728 g/mol. The van der Waals surface area contributed by atoms with E-state index >= 15 is 0 Å². The van der Waals surface area contributed by atoms with Crippen LogP contribution in [0.5, 0.6) is 5.75 Å². The highest BCUT2D eigenvalue weighted by atomic mass is 16.5. The van der Waals surface area contributed by atoms with Crippen molar-refractivity contribution in [3.8, 4) is 11.8 Å². The Hall–Kier alpha value is -5.54. The van der Waals surface area contributed by atoms with Crippen molar-refractivity contribution in [3.05, 3.63) is 93.5 Å². The van der Waals surface area contributed by atoms with Crippen LogP contribution in [0.25, 0.3) is 0 Å². The summed E-state index contributed by atoms with van der Waals surface area (Å²) in [4.78, 5) is 69.6. The van der Waals surface area contributed by atoms with Crippen molar-refractivity contribution in [2.75, 3.05) is 24.5 Å². The number of nitrogens with zero attached hydrogens (tertiary/aromatic N) is 4. The Kier molecular flexibility index (Phi) is 9.01. The Morgan fingerprint density at radius 3 is 2.20 bits per heavy atom. The summed E-state index contributed by atoms with van der Waals surface area (Å²) in [5.74, 6) is -0.771. The molecule has 0 radical (unpaired) electrons. The minimum absolute atomic E-state index is 0.0159. The van der Waals surface area contributed by atoms with E-state index in [1.807, 2.05) is 55.5 Å². The first-order valence-electron chi connectivity index (χ1n) is 18.8. The molecule has 5 amide bonds. The fourth-order valence-corrected chi connectivity index (χ4v) is 8.70. The second-order valence-corrected chi connectivity index (χ2v) is 16.0. The molecule has 1 saturated carbocycles. The summed E-state index contributed by atoms with van der Waals surface area (Å²) < 4.78 is 6.24. The lowest BCUT2D eigenvalue weighted by Gasteiger charge is -2.51. The highest BCUT2D eigenvalue weighted by Crippen LogP contribution is 2.43. The van der Waals surface area contributed by atoms with Gasteiger partial charge in [-0.1, -0.05) is 13.8 Å². The van der Waals surface area contributed by atoms with Crippen molar-refractivity contribution in [1.82, 2.24) is 20.4 Å². The number of benzene rings is 3. The van der Waals surface area contributed by atoms with Crippen LogP contribution in [0.2, 0.25) is 0 Å². The highest BCUT2D eigenvalue weighted by Gasteiger charge is 2.51. The molecule has 3 aromatic carbocycles. The van der Waals surface area contributed by atoms with E-state index in [4.69, 9.17) is 4.74 Å². The molecule has 3 aromatic rings. The maximum absolute atomic E-state index is 13.3. The zero-order valence-electron chi connectivity index (χ0n) is 30.8. The van der Waals surface area contributed by atoms with Crippen molar-refractivity contribution in [2.24, 2.45) is 11.3 Å². The first kappa shape index (κ1) is 35.5. The number of fused-ring (bicyclic) bond motifs is 2. The maximum Gasteiger partial charge on any atom is 0.262 e. The van der Waals surface area contributed by atoms with Crippen molar-refractivity contribution in [1.29, 1.82) is 5.26 Å². The van der Waals surface area contributed by atoms with Gasteiger partial charge >= 0.3 is 0 Å². The van der Waals surface area contributed by atoms with Crippen LogP contribution < -0.4 is 20.3 Å². The third-order valence-corrected chi connectivity index (χ3v) is 12.3. The van der Waals surface area contributed by atoms with Crippen LogP contribution in [0.3, 0.4) is 0 Å². The number of hydrogen-bond acceptors (Lipinski definition) is 9. The molecule has 4 heterocycles. The number of nitriles is 1. The molecule has 3 atom stereocenters. The minimum Gasteiger partial charge on any atom is -0.490 e. The molecule has 8 rings (SSSR count). The number of nitrogens with one attached hydrogen (secondary N) is 2. The standard InChI is InChI=1S/C42H44N6O6/c1-24-16-31(9-6-27(24)20-43)54-36-19-35(42(36,2)3)44-38(50)26-4-7-30(8-5-26)47-14-12-25(13-15-47)21-46-22-28-17-32-33(18-29(28)23-46)41(53)48(40(32)52)34-10-11-37(49)45-39(34)51/h4-9,16-18,25,34-36H,10-15,19,21-23H2,1-3H3,(H,44,50)(H,45,49,51)/t34?,35-,36-/m0/s1. The second-order valence-electron chi connectivity index (χ2n) is 16.0. The van der Waals surface area contributed by atoms with Crippen LogP contribution in [-0.2, 0) is 22.7 Å². The van der Waals surface area contributed by atoms with Gasteiger partial charge in [0.2, 0.25) is 11.8 Å². The van der Waals surface area contributed by atoms with E-state index in [1.54, 1.807) is 6.07 Å². The molecule has 2 saturated heterocycles. The van der Waals surface area contributed by atoms with Crippen LogP contribution >= 0.6 is 0 Å². The third kappa shape index (κ3) is 6.40. The smallest absolute Gasteiger partial charge is 0.262 e. The molecule has 1 aliphatic carbocycles. The molecule has 12 nitrogen and oxygen atoms in total. The summed E-state index contributed by atoms with van der Waals surface area (Å²) in [5, 5.41) is 14.7. The quantitative estimate of drug-likeness (QED) is 0.320. The fraction of sp³-hybridized carbons (Fsp3) is 0.429. The number of piperidine rings is 2. The van der Waals surface area contributed by atoms with Crippen LogP contribution in [-0.4, -0.2) is 77.2 Å². The molecule has 278 valence electrons. The van der Waals surface area contributed by atoms with E-state index in [0.29, 0.717) is 47.7 Å². The SMILES string of the molecule is Cc1cc(O[C@H]2C[C@H](NC(=O)c3ccc(N4CCC(CN5Cc6cc7c(cc6C5)C(=O)N(C5CCC(=O)NC5=O)C7=O)CC4)cc3)C2(C)C)ccc1C#N. The molecular formula is C42H44N6O6. The molecule has 0 bridgehead atoms. The number of carbonyl (C=O) groups is 5. The number of hydrogen-bond donors (Lipinski definition) is 2. The van der Waals surface area contributed by atoms with Gasteiger partial charge in [-0.3, -0.25) is 39.1 Å². The van der Waals surface area contributed by atoms with Crippen molar-refractivity contribution >= 4 is 35.2 Å². The fourth-order valence-electron chi connectivity index (χ4n) is 8.70. The van der Waals surface area contributed by atoms with Gasteiger partial charge in [0.15, 0.2) is 0 Å². The molecule has 2 N–H and O–H groups in total. The Balaban J connectivity index is 0.802. The molecule has 4 aliphatic heterocycles. The van der Waals surface area contributed by atoms with Gasteiger partial charge in [-0.25, -0.2) is 0 Å². The summed E-state index contributed by atoms with van der Waals surface area (Å²) >= 11 is 0.